The van der Waals surface area contributed by atoms with Gasteiger partial charge in [0.25, 0.3) is 0 Å². The zero-order chi connectivity index (χ0) is 31.6. The molecule has 11 heteroatoms. The molecule has 7 aliphatic rings. The SMILES string of the molecule is C[C@H]1CC[C@@]2(OC1)O[C@H]1C[C@H]3[C@@H]4CC[C@]5(O[C@@H]6O[C@H](CO)[C@@H](O)[C@H](O)[C@H]6O)[C@@H](O)[C@@H](O)C[C@@H](O)[C@]5(C)[C@H]4CC[C@]3(C)[C@H]1[C@@H]2C. The summed E-state index contributed by atoms with van der Waals surface area (Å²) < 4.78 is 25.6. The number of hydrogen-bond donors (Lipinski definition) is 7. The largest absolute Gasteiger partial charge is 0.394 e. The summed E-state index contributed by atoms with van der Waals surface area (Å²) in [5, 5.41) is 76.0. The molecule has 0 amide bonds. The van der Waals surface area contributed by atoms with Crippen molar-refractivity contribution in [1.82, 2.24) is 0 Å². The Morgan fingerprint density at radius 3 is 2.27 bits per heavy atom. The first kappa shape index (κ1) is 32.1. The fourth-order valence-electron chi connectivity index (χ4n) is 12.0. The van der Waals surface area contributed by atoms with E-state index < -0.39 is 72.4 Å². The second kappa shape index (κ2) is 10.8. The maximum atomic E-state index is 11.8. The van der Waals surface area contributed by atoms with Crippen LogP contribution in [0.2, 0.25) is 0 Å². The molecule has 19 atom stereocenters. The Hall–Kier alpha value is -0.440. The van der Waals surface area contributed by atoms with Crippen molar-refractivity contribution in [1.29, 1.82) is 0 Å². The van der Waals surface area contributed by atoms with Gasteiger partial charge in [-0.2, -0.15) is 0 Å². The summed E-state index contributed by atoms with van der Waals surface area (Å²) in [6.45, 7) is 9.03. The van der Waals surface area contributed by atoms with Crippen molar-refractivity contribution >= 4 is 0 Å². The highest BCUT2D eigenvalue weighted by molar-refractivity contribution is 5.22. The standard InChI is InChI=1S/C33H54O11/c1-15-5-10-33(41-14-15)16(2)24-21(43-33)11-19-17-6-9-32(44-29-27(39)26(38)25(37)22(13-34)42-29)28(40)20(35)12-23(36)31(32,4)18(17)7-8-30(19,24)3/h15-29,34-40H,5-14H2,1-4H3/t15-,16-,17+,18-,19-,20-,21-,22+,23+,24-,25+,26-,27+,28-,29-,30-,31-,32-,33+/m0/s1. The molecular weight excluding hydrogens is 572 g/mol. The fraction of sp³-hybridized carbons (Fsp3) is 1.00. The lowest BCUT2D eigenvalue weighted by molar-refractivity contribution is -0.389. The third kappa shape index (κ3) is 4.14. The quantitative estimate of drug-likeness (QED) is 0.219. The van der Waals surface area contributed by atoms with Gasteiger partial charge in [0, 0.05) is 24.2 Å². The number of fused-ring (bicyclic) bond motifs is 7. The number of aliphatic hydroxyl groups excluding tert-OH is 7. The molecule has 11 nitrogen and oxygen atoms in total. The predicted octanol–water partition coefficient (Wildman–Crippen LogP) is 0.675. The summed E-state index contributed by atoms with van der Waals surface area (Å²) in [6, 6.07) is 0. The van der Waals surface area contributed by atoms with E-state index in [1.807, 2.05) is 6.92 Å². The van der Waals surface area contributed by atoms with Crippen LogP contribution in [0.3, 0.4) is 0 Å². The van der Waals surface area contributed by atoms with Crippen LogP contribution in [0.5, 0.6) is 0 Å². The Kier molecular flexibility index (Phi) is 7.87. The van der Waals surface area contributed by atoms with E-state index in [0.29, 0.717) is 30.6 Å². The maximum absolute atomic E-state index is 11.8. The summed E-state index contributed by atoms with van der Waals surface area (Å²) in [6.07, 6.45) is -5.39. The number of aliphatic hydroxyl groups is 7. The van der Waals surface area contributed by atoms with Gasteiger partial charge in [0.1, 0.15) is 36.1 Å². The van der Waals surface area contributed by atoms with Crippen LogP contribution in [-0.4, -0.2) is 115 Å². The van der Waals surface area contributed by atoms with E-state index in [4.69, 9.17) is 18.9 Å². The summed E-state index contributed by atoms with van der Waals surface area (Å²) in [5.41, 5.74) is -2.47. The Bertz CT molecular complexity index is 1080. The molecule has 0 radical (unpaired) electrons. The van der Waals surface area contributed by atoms with Crippen LogP contribution < -0.4 is 0 Å². The van der Waals surface area contributed by atoms with Gasteiger partial charge in [0.15, 0.2) is 12.1 Å². The third-order valence-electron chi connectivity index (χ3n) is 14.4. The van der Waals surface area contributed by atoms with Gasteiger partial charge in [-0.3, -0.25) is 0 Å². The highest BCUT2D eigenvalue weighted by atomic mass is 16.7. The van der Waals surface area contributed by atoms with Crippen LogP contribution in [-0.2, 0) is 18.9 Å². The lowest BCUT2D eigenvalue weighted by atomic mass is 9.41. The molecule has 3 saturated heterocycles. The molecule has 0 aromatic rings. The Morgan fingerprint density at radius 1 is 0.841 bits per heavy atom. The lowest BCUT2D eigenvalue weighted by Crippen LogP contribution is -2.76. The minimum atomic E-state index is -1.66. The van der Waals surface area contributed by atoms with Gasteiger partial charge in [0.2, 0.25) is 0 Å². The molecule has 4 aliphatic carbocycles. The topological polar surface area (TPSA) is 179 Å². The van der Waals surface area contributed by atoms with E-state index in [1.165, 1.54) is 0 Å². The summed E-state index contributed by atoms with van der Waals surface area (Å²) in [4.78, 5) is 0. The van der Waals surface area contributed by atoms with Gasteiger partial charge >= 0.3 is 0 Å². The van der Waals surface area contributed by atoms with Crippen molar-refractivity contribution in [2.45, 2.75) is 146 Å². The van der Waals surface area contributed by atoms with E-state index in [9.17, 15) is 35.7 Å². The van der Waals surface area contributed by atoms with Gasteiger partial charge in [-0.05, 0) is 73.5 Å². The van der Waals surface area contributed by atoms with E-state index in [-0.39, 0.29) is 35.7 Å². The second-order valence-electron chi connectivity index (χ2n) is 16.2. The Balaban J connectivity index is 1.19. The van der Waals surface area contributed by atoms with Crippen LogP contribution >= 0.6 is 0 Å². The van der Waals surface area contributed by atoms with Gasteiger partial charge in [-0.1, -0.05) is 27.7 Å². The molecule has 7 N–H and O–H groups in total. The molecule has 3 aliphatic heterocycles. The van der Waals surface area contributed by atoms with Crippen molar-refractivity contribution in [3.05, 3.63) is 0 Å². The monoisotopic (exact) mass is 626 g/mol. The first-order chi connectivity index (χ1) is 20.7. The minimum Gasteiger partial charge on any atom is -0.394 e. The molecule has 7 fully saturated rings. The predicted molar refractivity (Wildman–Crippen MR) is 155 cm³/mol. The highest BCUT2D eigenvalue weighted by Gasteiger charge is 2.74. The normalized spacial score (nSPS) is 62.1. The van der Waals surface area contributed by atoms with Gasteiger partial charge in [-0.15, -0.1) is 0 Å². The molecule has 7 rings (SSSR count). The lowest BCUT2D eigenvalue weighted by Gasteiger charge is -2.68. The van der Waals surface area contributed by atoms with Crippen molar-refractivity contribution in [3.63, 3.8) is 0 Å². The van der Waals surface area contributed by atoms with E-state index >= 15 is 0 Å². The van der Waals surface area contributed by atoms with Crippen molar-refractivity contribution in [2.75, 3.05) is 13.2 Å². The first-order valence-electron chi connectivity index (χ1n) is 17.1. The molecule has 0 bridgehead atoms. The third-order valence-corrected chi connectivity index (χ3v) is 14.4. The van der Waals surface area contributed by atoms with Gasteiger partial charge in [0.05, 0.1) is 31.5 Å². The second-order valence-corrected chi connectivity index (χ2v) is 16.2. The molecular formula is C33H54O11. The average molecular weight is 627 g/mol. The van der Waals surface area contributed by atoms with E-state index in [1.54, 1.807) is 0 Å². The molecule has 3 heterocycles. The Labute approximate surface area is 259 Å². The van der Waals surface area contributed by atoms with E-state index in [2.05, 4.69) is 20.8 Å². The van der Waals surface area contributed by atoms with Crippen molar-refractivity contribution in [3.8, 4) is 0 Å². The van der Waals surface area contributed by atoms with Crippen molar-refractivity contribution < 1.29 is 54.7 Å². The van der Waals surface area contributed by atoms with Crippen molar-refractivity contribution in [2.24, 2.45) is 46.3 Å². The van der Waals surface area contributed by atoms with Crippen LogP contribution in [0.25, 0.3) is 0 Å². The molecule has 0 aromatic carbocycles. The minimum absolute atomic E-state index is 0.00765. The molecule has 0 aromatic heterocycles. The highest BCUT2D eigenvalue weighted by Crippen LogP contribution is 2.72. The zero-order valence-corrected chi connectivity index (χ0v) is 26.5. The Morgan fingerprint density at radius 2 is 1.59 bits per heavy atom. The molecule has 0 unspecified atom stereocenters. The van der Waals surface area contributed by atoms with Gasteiger partial charge < -0.3 is 54.7 Å². The molecule has 4 saturated carbocycles. The fourth-order valence-corrected chi connectivity index (χ4v) is 12.0. The molecule has 252 valence electrons. The summed E-state index contributed by atoms with van der Waals surface area (Å²) in [5.74, 6) is 1.21. The average Bonchev–Trinajstić information content (AvgIpc) is 3.44. The maximum Gasteiger partial charge on any atom is 0.187 e. The molecule has 1 spiro atoms. The van der Waals surface area contributed by atoms with E-state index in [0.717, 1.165) is 38.7 Å². The smallest absolute Gasteiger partial charge is 0.187 e. The summed E-state index contributed by atoms with van der Waals surface area (Å²) in [7, 11) is 0. The molecule has 44 heavy (non-hydrogen) atoms. The van der Waals surface area contributed by atoms with Crippen LogP contribution in [0.1, 0.15) is 79.1 Å². The number of hydrogen-bond acceptors (Lipinski definition) is 11. The number of rotatable bonds is 3. The number of ether oxygens (including phenoxy) is 4. The van der Waals surface area contributed by atoms with Gasteiger partial charge in [-0.25, -0.2) is 0 Å². The van der Waals surface area contributed by atoms with Crippen LogP contribution in [0.4, 0.5) is 0 Å². The summed E-state index contributed by atoms with van der Waals surface area (Å²) >= 11 is 0. The van der Waals surface area contributed by atoms with Crippen LogP contribution in [0.15, 0.2) is 0 Å². The first-order valence-corrected chi connectivity index (χ1v) is 17.1. The van der Waals surface area contributed by atoms with Crippen LogP contribution in [0, 0.1) is 46.3 Å². The zero-order valence-electron chi connectivity index (χ0n) is 26.5.